The quantitative estimate of drug-likeness (QED) is 0.795. The number of anilines is 1. The Morgan fingerprint density at radius 1 is 1.30 bits per heavy atom. The van der Waals surface area contributed by atoms with E-state index in [0.29, 0.717) is 17.2 Å². The first-order valence-corrected chi connectivity index (χ1v) is 7.83. The summed E-state index contributed by atoms with van der Waals surface area (Å²) < 4.78 is 41.1. The molecular formula is C17H22F3NO2. The van der Waals surface area contributed by atoms with Crippen LogP contribution in [-0.2, 0) is 4.79 Å². The third-order valence-corrected chi connectivity index (χ3v) is 4.28. The summed E-state index contributed by atoms with van der Waals surface area (Å²) in [5.74, 6) is 0.222. The number of amides is 1. The molecule has 0 bridgehead atoms. The third kappa shape index (κ3) is 4.62. The van der Waals surface area contributed by atoms with Crippen molar-refractivity contribution in [2.75, 3.05) is 4.90 Å². The lowest BCUT2D eigenvalue weighted by Crippen LogP contribution is -2.41. The average Bonchev–Trinajstić information content (AvgIpc) is 2.40. The summed E-state index contributed by atoms with van der Waals surface area (Å²) in [6.07, 6.45) is -0.669. The Balaban J connectivity index is 2.26. The summed E-state index contributed by atoms with van der Waals surface area (Å²) in [4.78, 5) is 13.8. The van der Waals surface area contributed by atoms with Crippen molar-refractivity contribution >= 4 is 11.6 Å². The summed E-state index contributed by atoms with van der Waals surface area (Å²) in [7, 11) is 0. The van der Waals surface area contributed by atoms with Crippen LogP contribution in [0.15, 0.2) is 18.2 Å². The molecule has 2 atom stereocenters. The van der Waals surface area contributed by atoms with Gasteiger partial charge in [0.25, 0.3) is 0 Å². The van der Waals surface area contributed by atoms with Crippen molar-refractivity contribution in [1.82, 2.24) is 0 Å². The molecule has 1 aliphatic rings. The minimum Gasteiger partial charge on any atom is -0.406 e. The van der Waals surface area contributed by atoms with E-state index in [9.17, 15) is 18.0 Å². The molecule has 6 heteroatoms. The van der Waals surface area contributed by atoms with Gasteiger partial charge in [0.2, 0.25) is 5.91 Å². The molecule has 0 aliphatic heterocycles. The van der Waals surface area contributed by atoms with Crippen molar-refractivity contribution < 1.29 is 22.7 Å². The number of hydrogen-bond acceptors (Lipinski definition) is 2. The molecular weight excluding hydrogens is 307 g/mol. The first kappa shape index (κ1) is 17.6. The fourth-order valence-corrected chi connectivity index (χ4v) is 3.31. The van der Waals surface area contributed by atoms with Crippen molar-refractivity contribution in [3.05, 3.63) is 23.8 Å². The molecule has 1 aliphatic carbocycles. The van der Waals surface area contributed by atoms with Crippen LogP contribution in [-0.4, -0.2) is 18.3 Å². The van der Waals surface area contributed by atoms with Crippen LogP contribution in [0.25, 0.3) is 0 Å². The van der Waals surface area contributed by atoms with E-state index in [1.165, 1.54) is 19.1 Å². The second-order valence-corrected chi connectivity index (χ2v) is 6.31. The summed E-state index contributed by atoms with van der Waals surface area (Å²) in [6, 6.07) is 4.49. The number of aryl methyl sites for hydroxylation is 1. The van der Waals surface area contributed by atoms with E-state index >= 15 is 0 Å². The minimum absolute atomic E-state index is 0.0898. The molecule has 23 heavy (non-hydrogen) atoms. The number of ether oxygens (including phenoxy) is 1. The smallest absolute Gasteiger partial charge is 0.406 e. The first-order valence-electron chi connectivity index (χ1n) is 7.83. The highest BCUT2D eigenvalue weighted by Gasteiger charge is 2.32. The molecule has 0 aromatic heterocycles. The maximum Gasteiger partial charge on any atom is 0.573 e. The molecule has 0 radical (unpaired) electrons. The number of alkyl halides is 3. The van der Waals surface area contributed by atoms with E-state index in [2.05, 4.69) is 11.7 Å². The van der Waals surface area contributed by atoms with Gasteiger partial charge in [-0.2, -0.15) is 0 Å². The SMILES string of the molecule is CC(=O)N(c1ccc(OC(F)(F)F)c(C)c1)C1CCCC(C)C1. The molecule has 128 valence electrons. The Labute approximate surface area is 134 Å². The van der Waals surface area contributed by atoms with Crippen LogP contribution >= 0.6 is 0 Å². The van der Waals surface area contributed by atoms with E-state index in [4.69, 9.17) is 0 Å². The molecule has 0 N–H and O–H groups in total. The van der Waals surface area contributed by atoms with Crippen LogP contribution in [0, 0.1) is 12.8 Å². The highest BCUT2D eigenvalue weighted by atomic mass is 19.4. The normalized spacial score (nSPS) is 21.8. The summed E-state index contributed by atoms with van der Waals surface area (Å²) in [5.41, 5.74) is 0.985. The van der Waals surface area contributed by atoms with Crippen LogP contribution in [0.3, 0.4) is 0 Å². The zero-order valence-electron chi connectivity index (χ0n) is 13.6. The Bertz CT molecular complexity index is 571. The third-order valence-electron chi connectivity index (χ3n) is 4.28. The zero-order valence-corrected chi connectivity index (χ0v) is 13.6. The van der Waals surface area contributed by atoms with Gasteiger partial charge >= 0.3 is 6.36 Å². The Hall–Kier alpha value is -1.72. The van der Waals surface area contributed by atoms with Gasteiger partial charge in [0.1, 0.15) is 5.75 Å². The molecule has 2 rings (SSSR count). The molecule has 1 saturated carbocycles. The van der Waals surface area contributed by atoms with Crippen molar-refractivity contribution in [3.8, 4) is 5.75 Å². The van der Waals surface area contributed by atoms with Crippen LogP contribution in [0.5, 0.6) is 5.75 Å². The number of carbonyl (C=O) groups is 1. The predicted octanol–water partition coefficient (Wildman–Crippen LogP) is 4.83. The van der Waals surface area contributed by atoms with Gasteiger partial charge in [-0.25, -0.2) is 0 Å². The van der Waals surface area contributed by atoms with E-state index in [1.54, 1.807) is 17.9 Å². The standard InChI is InChI=1S/C17H22F3NO2/c1-11-5-4-6-14(9-11)21(13(3)22)15-7-8-16(12(2)10-15)23-17(18,19)20/h7-8,10-11,14H,4-6,9H2,1-3H3. The van der Waals surface area contributed by atoms with Crippen LogP contribution in [0.4, 0.5) is 18.9 Å². The van der Waals surface area contributed by atoms with Gasteiger partial charge in [-0.05, 0) is 49.4 Å². The Kier molecular flexibility index (Phi) is 5.22. The Morgan fingerprint density at radius 2 is 2.00 bits per heavy atom. The predicted molar refractivity (Wildman–Crippen MR) is 82.4 cm³/mol. The Morgan fingerprint density at radius 3 is 2.52 bits per heavy atom. The second kappa shape index (κ2) is 6.81. The summed E-state index contributed by atoms with van der Waals surface area (Å²) in [6.45, 7) is 5.21. The molecule has 1 fully saturated rings. The van der Waals surface area contributed by atoms with Gasteiger partial charge in [-0.1, -0.05) is 19.8 Å². The molecule has 2 unspecified atom stereocenters. The summed E-state index contributed by atoms with van der Waals surface area (Å²) in [5, 5.41) is 0. The van der Waals surface area contributed by atoms with Crippen molar-refractivity contribution in [2.24, 2.45) is 5.92 Å². The number of carbonyl (C=O) groups excluding carboxylic acids is 1. The average molecular weight is 329 g/mol. The lowest BCUT2D eigenvalue weighted by Gasteiger charge is -2.36. The van der Waals surface area contributed by atoms with E-state index in [0.717, 1.165) is 25.7 Å². The number of nitrogens with zero attached hydrogens (tertiary/aromatic N) is 1. The highest BCUT2D eigenvalue weighted by molar-refractivity contribution is 5.92. The maximum atomic E-state index is 12.4. The van der Waals surface area contributed by atoms with E-state index < -0.39 is 6.36 Å². The molecule has 1 aromatic carbocycles. The van der Waals surface area contributed by atoms with Crippen molar-refractivity contribution in [2.45, 2.75) is 58.9 Å². The fraction of sp³-hybridized carbons (Fsp3) is 0.588. The molecule has 0 saturated heterocycles. The second-order valence-electron chi connectivity index (χ2n) is 6.31. The van der Waals surface area contributed by atoms with Gasteiger partial charge in [0.15, 0.2) is 0 Å². The number of rotatable bonds is 3. The first-order chi connectivity index (χ1) is 10.7. The van der Waals surface area contributed by atoms with Crippen LogP contribution in [0.1, 0.15) is 45.1 Å². The zero-order chi connectivity index (χ0) is 17.2. The van der Waals surface area contributed by atoms with Gasteiger partial charge in [0, 0.05) is 18.7 Å². The number of benzene rings is 1. The van der Waals surface area contributed by atoms with E-state index in [-0.39, 0.29) is 17.7 Å². The molecule has 1 aromatic rings. The molecule has 1 amide bonds. The van der Waals surface area contributed by atoms with Gasteiger partial charge in [-0.15, -0.1) is 13.2 Å². The van der Waals surface area contributed by atoms with Crippen molar-refractivity contribution in [3.63, 3.8) is 0 Å². The van der Waals surface area contributed by atoms with Gasteiger partial charge in [0.05, 0.1) is 0 Å². The monoisotopic (exact) mass is 329 g/mol. The van der Waals surface area contributed by atoms with Crippen LogP contribution in [0.2, 0.25) is 0 Å². The molecule has 0 spiro atoms. The lowest BCUT2D eigenvalue weighted by molar-refractivity contribution is -0.274. The lowest BCUT2D eigenvalue weighted by atomic mass is 9.86. The molecule has 3 nitrogen and oxygen atoms in total. The summed E-state index contributed by atoms with van der Waals surface area (Å²) >= 11 is 0. The molecule has 0 heterocycles. The van der Waals surface area contributed by atoms with Gasteiger partial charge < -0.3 is 9.64 Å². The van der Waals surface area contributed by atoms with Crippen LogP contribution < -0.4 is 9.64 Å². The minimum atomic E-state index is -4.72. The highest BCUT2D eigenvalue weighted by Crippen LogP contribution is 2.34. The van der Waals surface area contributed by atoms with E-state index in [1.807, 2.05) is 0 Å². The topological polar surface area (TPSA) is 29.5 Å². The van der Waals surface area contributed by atoms with Crippen molar-refractivity contribution in [1.29, 1.82) is 0 Å². The fourth-order valence-electron chi connectivity index (χ4n) is 3.31. The number of hydrogen-bond donors (Lipinski definition) is 0. The maximum absolute atomic E-state index is 12.4. The largest absolute Gasteiger partial charge is 0.573 e. The number of halogens is 3. The van der Waals surface area contributed by atoms with Gasteiger partial charge in [-0.3, -0.25) is 4.79 Å².